The van der Waals surface area contributed by atoms with E-state index in [4.69, 9.17) is 10.5 Å². The van der Waals surface area contributed by atoms with Gasteiger partial charge in [0.05, 0.1) is 11.7 Å². The Morgan fingerprint density at radius 2 is 2.13 bits per heavy atom. The minimum Gasteiger partial charge on any atom is -0.383 e. The highest BCUT2D eigenvalue weighted by atomic mass is 16.5. The predicted molar refractivity (Wildman–Crippen MR) is 116 cm³/mol. The van der Waals surface area contributed by atoms with Crippen LogP contribution in [0.2, 0.25) is 0 Å². The van der Waals surface area contributed by atoms with Gasteiger partial charge >= 0.3 is 6.03 Å². The number of rotatable bonds is 5. The fraction of sp³-hybridized carbons (Fsp3) is 0.333. The van der Waals surface area contributed by atoms with E-state index in [9.17, 15) is 4.79 Å². The van der Waals surface area contributed by atoms with Crippen LogP contribution in [0.4, 0.5) is 16.4 Å². The third-order valence-electron chi connectivity index (χ3n) is 5.40. The monoisotopic (exact) mass is 407 g/mol. The third-order valence-corrected chi connectivity index (χ3v) is 5.40. The molecule has 2 amide bonds. The van der Waals surface area contributed by atoms with Crippen LogP contribution in [0.1, 0.15) is 12.5 Å². The lowest BCUT2D eigenvalue weighted by atomic mass is 10.1. The second kappa shape index (κ2) is 8.21. The summed E-state index contributed by atoms with van der Waals surface area (Å²) in [6.45, 7) is 5.49. The minimum absolute atomic E-state index is 0.0463. The maximum Gasteiger partial charge on any atom is 0.320 e. The number of hydrogen-bond donors (Lipinski definition) is 3. The molecule has 1 fully saturated rings. The molecule has 0 saturated carbocycles. The van der Waals surface area contributed by atoms with E-state index >= 15 is 0 Å². The topological polar surface area (TPSA) is 118 Å². The average molecular weight is 407 g/mol. The molecule has 1 atom stereocenters. The molecule has 1 unspecified atom stereocenters. The van der Waals surface area contributed by atoms with Gasteiger partial charge in [-0.2, -0.15) is 0 Å². The predicted octanol–water partition coefficient (Wildman–Crippen LogP) is 2.38. The first kappa shape index (κ1) is 20.0. The number of aromatic nitrogens is 3. The average Bonchev–Trinajstić information content (AvgIpc) is 2.70. The molecule has 0 aromatic carbocycles. The van der Waals surface area contributed by atoms with Crippen molar-refractivity contribution in [2.45, 2.75) is 26.1 Å². The van der Waals surface area contributed by atoms with Crippen molar-refractivity contribution in [2.75, 3.05) is 31.2 Å². The molecule has 4 N–H and O–H groups in total. The number of nitrogens with zero attached hydrogens (tertiary/aromatic N) is 4. The molecular formula is C21H25N7O2. The lowest BCUT2D eigenvalue weighted by molar-refractivity contribution is -0.0628. The zero-order valence-corrected chi connectivity index (χ0v) is 17.2. The molecule has 4 heterocycles. The van der Waals surface area contributed by atoms with Crippen LogP contribution in [0.15, 0.2) is 36.8 Å². The van der Waals surface area contributed by atoms with E-state index < -0.39 is 0 Å². The Balaban J connectivity index is 1.49. The van der Waals surface area contributed by atoms with Crippen LogP contribution in [-0.2, 0) is 4.74 Å². The van der Waals surface area contributed by atoms with Crippen LogP contribution < -0.4 is 16.4 Å². The van der Waals surface area contributed by atoms with Gasteiger partial charge in [-0.1, -0.05) is 0 Å². The van der Waals surface area contributed by atoms with E-state index in [0.29, 0.717) is 11.6 Å². The summed E-state index contributed by atoms with van der Waals surface area (Å²) in [5.74, 6) is 0.831. The van der Waals surface area contributed by atoms with E-state index in [1.807, 2.05) is 26.0 Å². The van der Waals surface area contributed by atoms with Gasteiger partial charge in [-0.15, -0.1) is 0 Å². The van der Waals surface area contributed by atoms with Crippen LogP contribution >= 0.6 is 0 Å². The van der Waals surface area contributed by atoms with Gasteiger partial charge in [-0.25, -0.2) is 14.8 Å². The lowest BCUT2D eigenvalue weighted by Gasteiger charge is -2.42. The van der Waals surface area contributed by atoms with Crippen molar-refractivity contribution < 1.29 is 9.53 Å². The van der Waals surface area contributed by atoms with Crippen molar-refractivity contribution >= 4 is 28.4 Å². The standard InChI is InChI=1S/C21H25N7O2/c1-12-4-5-23-8-16(12)18-6-14-7-19(24-9-17(14)20(22)26-18)27-21(29)25-15-10-28(11-15)13(2)30-3/h4-9,13,15H,10-11H2,1-3H3,(H2,22,26)(H2,24,25,27,29). The summed E-state index contributed by atoms with van der Waals surface area (Å²) in [5.41, 5.74) is 8.85. The van der Waals surface area contributed by atoms with E-state index in [-0.39, 0.29) is 18.3 Å². The van der Waals surface area contributed by atoms with Crippen LogP contribution in [0.3, 0.4) is 0 Å². The molecule has 156 valence electrons. The SMILES string of the molecule is COC(C)N1CC(NC(=O)Nc2cc3cc(-c4cnccc4C)nc(N)c3cn2)C1. The Bertz CT molecular complexity index is 1080. The number of nitrogens with two attached hydrogens (primary N) is 1. The fourth-order valence-electron chi connectivity index (χ4n) is 3.50. The first-order valence-corrected chi connectivity index (χ1v) is 9.76. The zero-order valence-electron chi connectivity index (χ0n) is 17.2. The highest BCUT2D eigenvalue weighted by Gasteiger charge is 2.31. The molecule has 1 aliphatic heterocycles. The summed E-state index contributed by atoms with van der Waals surface area (Å²) >= 11 is 0. The van der Waals surface area contributed by atoms with Gasteiger partial charge in [0.2, 0.25) is 0 Å². The largest absolute Gasteiger partial charge is 0.383 e. The number of methoxy groups -OCH3 is 1. The van der Waals surface area contributed by atoms with Crippen molar-refractivity contribution in [1.29, 1.82) is 0 Å². The van der Waals surface area contributed by atoms with Crippen molar-refractivity contribution in [2.24, 2.45) is 0 Å². The second-order valence-electron chi connectivity index (χ2n) is 7.46. The van der Waals surface area contributed by atoms with Crippen LogP contribution in [0.25, 0.3) is 22.0 Å². The first-order chi connectivity index (χ1) is 14.4. The number of carbonyl (C=O) groups is 1. The number of ether oxygens (including phenoxy) is 1. The Kier molecular flexibility index (Phi) is 5.47. The van der Waals surface area contributed by atoms with Crippen LogP contribution in [0.5, 0.6) is 0 Å². The number of nitrogen functional groups attached to an aromatic ring is 1. The van der Waals surface area contributed by atoms with Crippen molar-refractivity contribution in [3.05, 3.63) is 42.4 Å². The number of hydrogen-bond acceptors (Lipinski definition) is 7. The number of nitrogens with one attached hydrogen (secondary N) is 2. The molecule has 0 radical (unpaired) electrons. The summed E-state index contributed by atoms with van der Waals surface area (Å²) in [7, 11) is 1.67. The molecule has 30 heavy (non-hydrogen) atoms. The molecule has 3 aromatic heterocycles. The van der Waals surface area contributed by atoms with Crippen molar-refractivity contribution in [3.63, 3.8) is 0 Å². The molecule has 4 rings (SSSR count). The van der Waals surface area contributed by atoms with Gasteiger partial charge in [0.25, 0.3) is 0 Å². The maximum atomic E-state index is 12.3. The van der Waals surface area contributed by atoms with Gasteiger partial charge in [0.15, 0.2) is 0 Å². The molecule has 1 saturated heterocycles. The Labute approximate surface area is 174 Å². The molecule has 9 nitrogen and oxygen atoms in total. The van der Waals surface area contributed by atoms with Crippen molar-refractivity contribution in [3.8, 4) is 11.3 Å². The molecule has 3 aromatic rings. The van der Waals surface area contributed by atoms with E-state index in [2.05, 4.69) is 30.5 Å². The maximum absolute atomic E-state index is 12.3. The van der Waals surface area contributed by atoms with Gasteiger partial charge < -0.3 is 15.8 Å². The normalized spacial score (nSPS) is 15.6. The van der Waals surface area contributed by atoms with Gasteiger partial charge in [0, 0.05) is 49.7 Å². The Morgan fingerprint density at radius 3 is 2.87 bits per heavy atom. The summed E-state index contributed by atoms with van der Waals surface area (Å²) in [6.07, 6.45) is 5.18. The molecule has 0 bridgehead atoms. The number of anilines is 2. The Morgan fingerprint density at radius 1 is 1.33 bits per heavy atom. The molecule has 0 aliphatic carbocycles. The van der Waals surface area contributed by atoms with E-state index in [1.165, 1.54) is 0 Å². The van der Waals surface area contributed by atoms with E-state index in [1.54, 1.807) is 31.8 Å². The molecule has 1 aliphatic rings. The zero-order chi connectivity index (χ0) is 21.3. The summed E-state index contributed by atoms with van der Waals surface area (Å²) in [5, 5.41) is 7.32. The van der Waals surface area contributed by atoms with Crippen LogP contribution in [0, 0.1) is 6.92 Å². The van der Waals surface area contributed by atoms with Gasteiger partial charge in [-0.05, 0) is 43.0 Å². The molecular weight excluding hydrogens is 382 g/mol. The quantitative estimate of drug-likeness (QED) is 0.594. The van der Waals surface area contributed by atoms with Crippen LogP contribution in [-0.4, -0.2) is 58.4 Å². The lowest BCUT2D eigenvalue weighted by Crippen LogP contribution is -2.62. The smallest absolute Gasteiger partial charge is 0.320 e. The number of pyridine rings is 3. The summed E-state index contributed by atoms with van der Waals surface area (Å²) < 4.78 is 5.27. The van der Waals surface area contributed by atoms with E-state index in [0.717, 1.165) is 40.7 Å². The minimum atomic E-state index is -0.290. The number of likely N-dealkylation sites (tertiary alicyclic amines) is 1. The number of carbonyl (C=O) groups excluding carboxylic acids is 1. The third kappa shape index (κ3) is 4.03. The second-order valence-corrected chi connectivity index (χ2v) is 7.46. The fourth-order valence-corrected chi connectivity index (χ4v) is 3.50. The number of amides is 2. The summed E-state index contributed by atoms with van der Waals surface area (Å²) in [4.78, 5) is 27.5. The van der Waals surface area contributed by atoms with Crippen molar-refractivity contribution in [1.82, 2.24) is 25.2 Å². The Hall–Kier alpha value is -3.30. The first-order valence-electron chi connectivity index (χ1n) is 9.76. The highest BCUT2D eigenvalue weighted by molar-refractivity contribution is 5.97. The number of urea groups is 1. The number of fused-ring (bicyclic) bond motifs is 1. The highest BCUT2D eigenvalue weighted by Crippen LogP contribution is 2.28. The summed E-state index contributed by atoms with van der Waals surface area (Å²) in [6, 6.07) is 5.44. The van der Waals surface area contributed by atoms with Gasteiger partial charge in [-0.3, -0.25) is 15.2 Å². The van der Waals surface area contributed by atoms with Gasteiger partial charge in [0.1, 0.15) is 17.9 Å². The number of aryl methyl sites for hydroxylation is 1. The molecule has 9 heteroatoms. The molecule has 0 spiro atoms.